The molecule has 6 nitrogen and oxygen atoms in total. The predicted molar refractivity (Wildman–Crippen MR) is 98.6 cm³/mol. The van der Waals surface area contributed by atoms with E-state index in [4.69, 9.17) is 9.84 Å². The normalized spacial score (nSPS) is 14.7. The van der Waals surface area contributed by atoms with Gasteiger partial charge in [0.05, 0.1) is 5.92 Å². The van der Waals surface area contributed by atoms with Crippen LogP contribution in [0.25, 0.3) is 0 Å². The maximum Gasteiger partial charge on any atom is 0.321 e. The van der Waals surface area contributed by atoms with Gasteiger partial charge in [-0.1, -0.05) is 12.1 Å². The maximum atomic E-state index is 12.3. The molecule has 0 unspecified atom stereocenters. The van der Waals surface area contributed by atoms with E-state index in [0.717, 1.165) is 11.3 Å². The highest BCUT2D eigenvalue weighted by molar-refractivity contribution is 5.89. The Balaban J connectivity index is 1.54. The first-order chi connectivity index (χ1) is 12.5. The van der Waals surface area contributed by atoms with Crippen LogP contribution in [-0.2, 0) is 4.79 Å². The molecule has 0 radical (unpaired) electrons. The summed E-state index contributed by atoms with van der Waals surface area (Å²) in [6.07, 6.45) is 0.984. The lowest BCUT2D eigenvalue weighted by Gasteiger charge is -2.30. The minimum atomic E-state index is -0.783. The average molecular weight is 354 g/mol. The molecule has 3 rings (SSSR count). The van der Waals surface area contributed by atoms with Gasteiger partial charge in [-0.2, -0.15) is 0 Å². The number of rotatable bonds is 4. The lowest BCUT2D eigenvalue weighted by atomic mass is 9.97. The molecule has 1 aliphatic heterocycles. The van der Waals surface area contributed by atoms with E-state index in [0.29, 0.717) is 37.4 Å². The van der Waals surface area contributed by atoms with E-state index in [1.54, 1.807) is 29.2 Å². The Kier molecular flexibility index (Phi) is 5.41. The highest BCUT2D eigenvalue weighted by Gasteiger charge is 2.26. The fourth-order valence-electron chi connectivity index (χ4n) is 2.95. The highest BCUT2D eigenvalue weighted by atomic mass is 16.5. The van der Waals surface area contributed by atoms with E-state index in [2.05, 4.69) is 5.32 Å². The number of benzene rings is 2. The van der Waals surface area contributed by atoms with Crippen LogP contribution in [0.15, 0.2) is 48.5 Å². The topological polar surface area (TPSA) is 78.9 Å². The van der Waals surface area contributed by atoms with Gasteiger partial charge in [0.2, 0.25) is 0 Å². The van der Waals surface area contributed by atoms with E-state index >= 15 is 0 Å². The molecule has 0 atom stereocenters. The fraction of sp³-hybridized carbons (Fsp3) is 0.300. The van der Waals surface area contributed by atoms with Crippen molar-refractivity contribution in [2.75, 3.05) is 18.4 Å². The Bertz CT molecular complexity index is 781. The molecule has 2 aromatic rings. The zero-order valence-electron chi connectivity index (χ0n) is 14.6. The molecular formula is C20H22N2O4. The number of aryl methyl sites for hydroxylation is 1. The molecular weight excluding hydrogens is 332 g/mol. The van der Waals surface area contributed by atoms with Crippen molar-refractivity contribution in [1.82, 2.24) is 4.90 Å². The lowest BCUT2D eigenvalue weighted by molar-refractivity contribution is -0.143. The number of hydrogen-bond acceptors (Lipinski definition) is 3. The van der Waals surface area contributed by atoms with E-state index in [-0.39, 0.29) is 11.9 Å². The Morgan fingerprint density at radius 3 is 2.38 bits per heavy atom. The minimum Gasteiger partial charge on any atom is -0.481 e. The van der Waals surface area contributed by atoms with Gasteiger partial charge < -0.3 is 20.1 Å². The van der Waals surface area contributed by atoms with Gasteiger partial charge in [0.15, 0.2) is 0 Å². The van der Waals surface area contributed by atoms with Gasteiger partial charge in [0.1, 0.15) is 11.5 Å². The SMILES string of the molecule is Cc1cccc(Oc2ccc(NC(=O)N3CCC(C(=O)O)CC3)cc2)c1. The van der Waals surface area contributed by atoms with Crippen molar-refractivity contribution in [3.05, 3.63) is 54.1 Å². The number of carboxylic acids is 1. The summed E-state index contributed by atoms with van der Waals surface area (Å²) >= 11 is 0. The maximum absolute atomic E-state index is 12.3. The Hall–Kier alpha value is -3.02. The molecule has 0 saturated carbocycles. The summed E-state index contributed by atoms with van der Waals surface area (Å²) in [6.45, 7) is 2.92. The number of carbonyl (C=O) groups excluding carboxylic acids is 1. The molecule has 6 heteroatoms. The van der Waals surface area contributed by atoms with E-state index < -0.39 is 5.97 Å². The second-order valence-electron chi connectivity index (χ2n) is 6.47. The van der Waals surface area contributed by atoms with Crippen molar-refractivity contribution < 1.29 is 19.4 Å². The van der Waals surface area contributed by atoms with Crippen LogP contribution in [-0.4, -0.2) is 35.1 Å². The third kappa shape index (κ3) is 4.53. The van der Waals surface area contributed by atoms with Gasteiger partial charge in [-0.15, -0.1) is 0 Å². The van der Waals surface area contributed by atoms with Crippen LogP contribution in [0.1, 0.15) is 18.4 Å². The summed E-state index contributed by atoms with van der Waals surface area (Å²) in [7, 11) is 0. The molecule has 0 spiro atoms. The summed E-state index contributed by atoms with van der Waals surface area (Å²) in [4.78, 5) is 24.9. The van der Waals surface area contributed by atoms with Crippen LogP contribution in [0.3, 0.4) is 0 Å². The molecule has 1 aliphatic rings. The Labute approximate surface area is 152 Å². The molecule has 2 amide bonds. The number of carboxylic acid groups (broad SMARTS) is 1. The van der Waals surface area contributed by atoms with Gasteiger partial charge in [-0.3, -0.25) is 4.79 Å². The number of amides is 2. The Morgan fingerprint density at radius 2 is 1.77 bits per heavy atom. The van der Waals surface area contributed by atoms with Crippen molar-refractivity contribution in [3.8, 4) is 11.5 Å². The second-order valence-corrected chi connectivity index (χ2v) is 6.47. The number of urea groups is 1. The molecule has 1 heterocycles. The minimum absolute atomic E-state index is 0.207. The number of aliphatic carboxylic acids is 1. The van der Waals surface area contributed by atoms with Gasteiger partial charge in [0, 0.05) is 18.8 Å². The number of hydrogen-bond donors (Lipinski definition) is 2. The van der Waals surface area contributed by atoms with Crippen molar-refractivity contribution in [2.45, 2.75) is 19.8 Å². The molecule has 26 heavy (non-hydrogen) atoms. The van der Waals surface area contributed by atoms with Crippen LogP contribution in [0.5, 0.6) is 11.5 Å². The highest BCUT2D eigenvalue weighted by Crippen LogP contribution is 2.24. The van der Waals surface area contributed by atoms with Gasteiger partial charge in [-0.05, 0) is 61.7 Å². The first kappa shape index (κ1) is 17.8. The van der Waals surface area contributed by atoms with Crippen molar-refractivity contribution in [3.63, 3.8) is 0 Å². The number of nitrogens with zero attached hydrogens (tertiary/aromatic N) is 1. The molecule has 0 bridgehead atoms. The Morgan fingerprint density at radius 1 is 1.08 bits per heavy atom. The monoisotopic (exact) mass is 354 g/mol. The fourth-order valence-corrected chi connectivity index (χ4v) is 2.95. The van der Waals surface area contributed by atoms with E-state index in [1.807, 2.05) is 31.2 Å². The zero-order chi connectivity index (χ0) is 18.5. The lowest BCUT2D eigenvalue weighted by Crippen LogP contribution is -2.42. The molecule has 136 valence electrons. The van der Waals surface area contributed by atoms with Crippen LogP contribution >= 0.6 is 0 Å². The number of piperidine rings is 1. The molecule has 1 fully saturated rings. The third-order valence-electron chi connectivity index (χ3n) is 4.46. The smallest absolute Gasteiger partial charge is 0.321 e. The van der Waals surface area contributed by atoms with Crippen LogP contribution < -0.4 is 10.1 Å². The van der Waals surface area contributed by atoms with Crippen molar-refractivity contribution >= 4 is 17.7 Å². The molecule has 0 aromatic heterocycles. The van der Waals surface area contributed by atoms with Gasteiger partial charge >= 0.3 is 12.0 Å². The number of likely N-dealkylation sites (tertiary alicyclic amines) is 1. The summed E-state index contributed by atoms with van der Waals surface area (Å²) in [5.74, 6) is 0.324. The van der Waals surface area contributed by atoms with Gasteiger partial charge in [0.25, 0.3) is 0 Å². The standard InChI is InChI=1S/C20H22N2O4/c1-14-3-2-4-18(13-14)26-17-7-5-16(6-8-17)21-20(25)22-11-9-15(10-12-22)19(23)24/h2-8,13,15H,9-12H2,1H3,(H,21,25)(H,23,24). The molecule has 1 saturated heterocycles. The van der Waals surface area contributed by atoms with Crippen LogP contribution in [0.2, 0.25) is 0 Å². The van der Waals surface area contributed by atoms with Crippen LogP contribution in [0, 0.1) is 12.8 Å². The quantitative estimate of drug-likeness (QED) is 0.866. The third-order valence-corrected chi connectivity index (χ3v) is 4.46. The van der Waals surface area contributed by atoms with Crippen molar-refractivity contribution in [1.29, 1.82) is 0 Å². The van der Waals surface area contributed by atoms with Gasteiger partial charge in [-0.25, -0.2) is 4.79 Å². The summed E-state index contributed by atoms with van der Waals surface area (Å²) in [6, 6.07) is 14.8. The first-order valence-electron chi connectivity index (χ1n) is 8.64. The molecule has 2 N–H and O–H groups in total. The van der Waals surface area contributed by atoms with Crippen LogP contribution in [0.4, 0.5) is 10.5 Å². The molecule has 0 aliphatic carbocycles. The first-order valence-corrected chi connectivity index (χ1v) is 8.64. The number of anilines is 1. The predicted octanol–water partition coefficient (Wildman–Crippen LogP) is 4.12. The van der Waals surface area contributed by atoms with E-state index in [9.17, 15) is 9.59 Å². The number of carbonyl (C=O) groups is 2. The second kappa shape index (κ2) is 7.91. The summed E-state index contributed by atoms with van der Waals surface area (Å²) in [5, 5.41) is 11.9. The average Bonchev–Trinajstić information content (AvgIpc) is 2.63. The van der Waals surface area contributed by atoms with Crippen molar-refractivity contribution in [2.24, 2.45) is 5.92 Å². The largest absolute Gasteiger partial charge is 0.481 e. The number of nitrogens with one attached hydrogen (secondary N) is 1. The zero-order valence-corrected chi connectivity index (χ0v) is 14.6. The molecule has 2 aromatic carbocycles. The van der Waals surface area contributed by atoms with E-state index in [1.165, 1.54) is 0 Å². The number of ether oxygens (including phenoxy) is 1. The summed E-state index contributed by atoms with van der Waals surface area (Å²) < 4.78 is 5.79. The summed E-state index contributed by atoms with van der Waals surface area (Å²) in [5.41, 5.74) is 1.80.